The highest BCUT2D eigenvalue weighted by molar-refractivity contribution is 7.98. The number of unbranched alkanes of at least 4 members (excludes halogenated alkanes) is 1. The number of hydrogen-bond donors (Lipinski definition) is 2. The summed E-state index contributed by atoms with van der Waals surface area (Å²) in [4.78, 5) is 4.61. The molecule has 1 atom stereocenters. The first-order valence-electron chi connectivity index (χ1n) is 8.40. The van der Waals surface area contributed by atoms with Crippen molar-refractivity contribution in [2.24, 2.45) is 4.99 Å². The SMILES string of the molecule is CCNC(=NCC(C)Oc1cccc(C)c1)NCCCCSC. The van der Waals surface area contributed by atoms with Crippen LogP contribution in [-0.4, -0.2) is 43.7 Å². The Morgan fingerprint density at radius 1 is 1.30 bits per heavy atom. The standard InChI is InChI=1S/C18H31N3OS/c1-5-19-18(20-11-6-7-12-23-4)21-14-16(3)22-17-10-8-9-15(2)13-17/h8-10,13,16H,5-7,11-12,14H2,1-4H3,(H2,19,20,21). The average Bonchev–Trinajstić information content (AvgIpc) is 2.52. The van der Waals surface area contributed by atoms with Crippen molar-refractivity contribution in [3.05, 3.63) is 29.8 Å². The third-order valence-electron chi connectivity index (χ3n) is 3.25. The molecule has 0 aliphatic heterocycles. The van der Waals surface area contributed by atoms with Crippen LogP contribution in [0.5, 0.6) is 5.75 Å². The van der Waals surface area contributed by atoms with Crippen LogP contribution in [-0.2, 0) is 0 Å². The van der Waals surface area contributed by atoms with E-state index in [4.69, 9.17) is 4.74 Å². The molecule has 1 aromatic rings. The molecule has 0 saturated heterocycles. The van der Waals surface area contributed by atoms with Gasteiger partial charge in [-0.2, -0.15) is 11.8 Å². The molecule has 5 heteroatoms. The van der Waals surface area contributed by atoms with E-state index < -0.39 is 0 Å². The Kier molecular flexibility index (Phi) is 10.4. The van der Waals surface area contributed by atoms with Crippen LogP contribution in [0.2, 0.25) is 0 Å². The zero-order valence-corrected chi connectivity index (χ0v) is 15.7. The van der Waals surface area contributed by atoms with E-state index in [2.05, 4.69) is 47.9 Å². The van der Waals surface area contributed by atoms with Gasteiger partial charge in [0.25, 0.3) is 0 Å². The molecule has 0 heterocycles. The van der Waals surface area contributed by atoms with Crippen LogP contribution in [0.25, 0.3) is 0 Å². The van der Waals surface area contributed by atoms with Crippen molar-refractivity contribution >= 4 is 17.7 Å². The van der Waals surface area contributed by atoms with Gasteiger partial charge in [0.15, 0.2) is 5.96 Å². The summed E-state index contributed by atoms with van der Waals surface area (Å²) in [6.45, 7) is 8.66. The summed E-state index contributed by atoms with van der Waals surface area (Å²) in [5.41, 5.74) is 1.21. The van der Waals surface area contributed by atoms with Crippen molar-refractivity contribution in [2.45, 2.75) is 39.7 Å². The molecule has 4 nitrogen and oxygen atoms in total. The van der Waals surface area contributed by atoms with Crippen molar-refractivity contribution in [2.75, 3.05) is 31.6 Å². The van der Waals surface area contributed by atoms with Crippen LogP contribution in [0.1, 0.15) is 32.3 Å². The van der Waals surface area contributed by atoms with Crippen molar-refractivity contribution < 1.29 is 4.74 Å². The second-order valence-corrected chi connectivity index (χ2v) is 6.58. The maximum Gasteiger partial charge on any atom is 0.191 e. The summed E-state index contributed by atoms with van der Waals surface area (Å²) in [5.74, 6) is 3.00. The molecule has 0 aliphatic carbocycles. The van der Waals surface area contributed by atoms with Crippen molar-refractivity contribution in [3.63, 3.8) is 0 Å². The number of benzene rings is 1. The van der Waals surface area contributed by atoms with Gasteiger partial charge in [0.2, 0.25) is 0 Å². The second kappa shape index (κ2) is 12.1. The molecule has 130 valence electrons. The number of hydrogen-bond acceptors (Lipinski definition) is 3. The first-order chi connectivity index (χ1) is 11.2. The van der Waals surface area contributed by atoms with E-state index in [0.717, 1.165) is 24.8 Å². The molecule has 0 amide bonds. The molecule has 0 bridgehead atoms. The highest BCUT2D eigenvalue weighted by atomic mass is 32.2. The topological polar surface area (TPSA) is 45.7 Å². The number of aryl methyl sites for hydroxylation is 1. The molecule has 2 N–H and O–H groups in total. The monoisotopic (exact) mass is 337 g/mol. The van der Waals surface area contributed by atoms with Gasteiger partial charge >= 0.3 is 0 Å². The van der Waals surface area contributed by atoms with Crippen LogP contribution in [0, 0.1) is 6.92 Å². The number of nitrogens with one attached hydrogen (secondary N) is 2. The number of guanidine groups is 1. The quantitative estimate of drug-likeness (QED) is 0.390. The molecule has 0 aromatic heterocycles. The summed E-state index contributed by atoms with van der Waals surface area (Å²) in [6.07, 6.45) is 4.60. The molecular weight excluding hydrogens is 306 g/mol. The second-order valence-electron chi connectivity index (χ2n) is 5.59. The van der Waals surface area contributed by atoms with Crippen molar-refractivity contribution in [1.29, 1.82) is 0 Å². The fourth-order valence-corrected chi connectivity index (χ4v) is 2.59. The third-order valence-corrected chi connectivity index (χ3v) is 3.94. The molecule has 0 fully saturated rings. The number of rotatable bonds is 10. The van der Waals surface area contributed by atoms with Gasteiger partial charge in [0.1, 0.15) is 11.9 Å². The highest BCUT2D eigenvalue weighted by Gasteiger charge is 2.04. The molecule has 1 aromatic carbocycles. The molecular formula is C18H31N3OS. The smallest absolute Gasteiger partial charge is 0.191 e. The zero-order valence-electron chi connectivity index (χ0n) is 14.9. The van der Waals surface area contributed by atoms with E-state index in [1.54, 1.807) is 0 Å². The zero-order chi connectivity index (χ0) is 16.9. The van der Waals surface area contributed by atoms with Gasteiger partial charge in [0, 0.05) is 13.1 Å². The molecule has 0 saturated carbocycles. The number of thioether (sulfide) groups is 1. The molecule has 1 unspecified atom stereocenters. The fourth-order valence-electron chi connectivity index (χ4n) is 2.10. The van der Waals surface area contributed by atoms with Gasteiger partial charge in [-0.25, -0.2) is 4.99 Å². The Bertz CT molecular complexity index is 465. The Morgan fingerprint density at radius 3 is 2.83 bits per heavy atom. The molecule has 0 spiro atoms. The lowest BCUT2D eigenvalue weighted by Gasteiger charge is -2.15. The van der Waals surface area contributed by atoms with E-state index in [1.807, 2.05) is 30.8 Å². The fraction of sp³-hybridized carbons (Fsp3) is 0.611. The summed E-state index contributed by atoms with van der Waals surface area (Å²) >= 11 is 1.90. The normalized spacial score (nSPS) is 12.8. The maximum absolute atomic E-state index is 5.92. The minimum Gasteiger partial charge on any atom is -0.489 e. The molecule has 0 aliphatic rings. The van der Waals surface area contributed by atoms with Crippen LogP contribution >= 0.6 is 11.8 Å². The first-order valence-corrected chi connectivity index (χ1v) is 9.79. The van der Waals surface area contributed by atoms with Crippen molar-refractivity contribution in [1.82, 2.24) is 10.6 Å². The largest absolute Gasteiger partial charge is 0.489 e. The average molecular weight is 338 g/mol. The Hall–Kier alpha value is -1.36. The summed E-state index contributed by atoms with van der Waals surface area (Å²) in [5, 5.41) is 6.66. The minimum atomic E-state index is 0.0451. The maximum atomic E-state index is 5.92. The Labute approximate surface area is 145 Å². The minimum absolute atomic E-state index is 0.0451. The van der Waals surface area contributed by atoms with Gasteiger partial charge in [-0.15, -0.1) is 0 Å². The van der Waals surface area contributed by atoms with Crippen LogP contribution in [0.15, 0.2) is 29.3 Å². The lowest BCUT2D eigenvalue weighted by Crippen LogP contribution is -2.38. The van der Waals surface area contributed by atoms with Gasteiger partial charge in [-0.3, -0.25) is 0 Å². The van der Waals surface area contributed by atoms with Crippen LogP contribution in [0.3, 0.4) is 0 Å². The summed E-state index contributed by atoms with van der Waals surface area (Å²) in [6, 6.07) is 8.12. The van der Waals surface area contributed by atoms with Crippen molar-refractivity contribution in [3.8, 4) is 5.75 Å². The van der Waals surface area contributed by atoms with E-state index in [9.17, 15) is 0 Å². The van der Waals surface area contributed by atoms with Gasteiger partial charge in [0.05, 0.1) is 6.54 Å². The Balaban J connectivity index is 2.39. The predicted octanol–water partition coefficient (Wildman–Crippen LogP) is 3.46. The van der Waals surface area contributed by atoms with E-state index in [1.165, 1.54) is 24.2 Å². The lowest BCUT2D eigenvalue weighted by atomic mass is 10.2. The number of aliphatic imine (C=N–C) groups is 1. The van der Waals surface area contributed by atoms with E-state index in [-0.39, 0.29) is 6.10 Å². The van der Waals surface area contributed by atoms with Gasteiger partial charge in [-0.05, 0) is 63.3 Å². The van der Waals surface area contributed by atoms with Crippen LogP contribution in [0.4, 0.5) is 0 Å². The van der Waals surface area contributed by atoms with Gasteiger partial charge in [-0.1, -0.05) is 12.1 Å². The molecule has 1 rings (SSSR count). The van der Waals surface area contributed by atoms with Gasteiger partial charge < -0.3 is 15.4 Å². The highest BCUT2D eigenvalue weighted by Crippen LogP contribution is 2.14. The van der Waals surface area contributed by atoms with Crippen LogP contribution < -0.4 is 15.4 Å². The third kappa shape index (κ3) is 9.39. The number of nitrogens with zero attached hydrogens (tertiary/aromatic N) is 1. The Morgan fingerprint density at radius 2 is 2.13 bits per heavy atom. The summed E-state index contributed by atoms with van der Waals surface area (Å²) < 4.78 is 5.92. The first kappa shape index (κ1) is 19.7. The molecule has 23 heavy (non-hydrogen) atoms. The summed E-state index contributed by atoms with van der Waals surface area (Å²) in [7, 11) is 0. The molecule has 0 radical (unpaired) electrons. The number of ether oxygens (including phenoxy) is 1. The predicted molar refractivity (Wildman–Crippen MR) is 103 cm³/mol. The lowest BCUT2D eigenvalue weighted by molar-refractivity contribution is 0.230. The van der Waals surface area contributed by atoms with E-state index >= 15 is 0 Å². The van der Waals surface area contributed by atoms with E-state index in [0.29, 0.717) is 6.54 Å².